The number of nitrogens with zero attached hydrogens (tertiary/aromatic N) is 3. The molecule has 3 rings (SSSR count). The van der Waals surface area contributed by atoms with Crippen molar-refractivity contribution >= 4 is 5.95 Å². The second-order valence-electron chi connectivity index (χ2n) is 5.73. The third kappa shape index (κ3) is 3.86. The quantitative estimate of drug-likeness (QED) is 0.915. The van der Waals surface area contributed by atoms with Crippen LogP contribution in [-0.4, -0.2) is 42.8 Å². The Morgan fingerprint density at radius 1 is 1.13 bits per heavy atom. The molecule has 0 unspecified atom stereocenters. The standard InChI is InChI=1S/C18H24N4O/c1-2-16-13-17(15-5-3-14(4-6-15)7-8-19)21-18(20-16)22-9-11-23-12-10-22/h3-6,13H,2,7-12,19H2,1H3. The van der Waals surface area contributed by atoms with E-state index in [4.69, 9.17) is 20.4 Å². The van der Waals surface area contributed by atoms with Gasteiger partial charge in [-0.05, 0) is 31.0 Å². The third-order valence-corrected chi connectivity index (χ3v) is 4.11. The van der Waals surface area contributed by atoms with Gasteiger partial charge < -0.3 is 15.4 Å². The van der Waals surface area contributed by atoms with Gasteiger partial charge in [-0.2, -0.15) is 0 Å². The van der Waals surface area contributed by atoms with Crippen molar-refractivity contribution in [2.75, 3.05) is 37.7 Å². The molecule has 5 heteroatoms. The number of benzene rings is 1. The predicted molar refractivity (Wildman–Crippen MR) is 92.6 cm³/mol. The van der Waals surface area contributed by atoms with Gasteiger partial charge in [0.1, 0.15) is 0 Å². The molecule has 0 aliphatic carbocycles. The molecule has 1 saturated heterocycles. The van der Waals surface area contributed by atoms with E-state index in [2.05, 4.69) is 42.2 Å². The molecule has 23 heavy (non-hydrogen) atoms. The highest BCUT2D eigenvalue weighted by Crippen LogP contribution is 2.22. The van der Waals surface area contributed by atoms with E-state index in [0.717, 1.165) is 62.0 Å². The summed E-state index contributed by atoms with van der Waals surface area (Å²) < 4.78 is 5.42. The van der Waals surface area contributed by atoms with Crippen molar-refractivity contribution in [1.29, 1.82) is 0 Å². The summed E-state index contributed by atoms with van der Waals surface area (Å²) in [6, 6.07) is 10.6. The second-order valence-corrected chi connectivity index (χ2v) is 5.73. The van der Waals surface area contributed by atoms with Gasteiger partial charge in [-0.25, -0.2) is 9.97 Å². The van der Waals surface area contributed by atoms with E-state index >= 15 is 0 Å². The van der Waals surface area contributed by atoms with E-state index in [1.807, 2.05) is 0 Å². The maximum Gasteiger partial charge on any atom is 0.226 e. The lowest BCUT2D eigenvalue weighted by Gasteiger charge is -2.27. The molecule has 122 valence electrons. The predicted octanol–water partition coefficient (Wildman–Crippen LogP) is 2.04. The second kappa shape index (κ2) is 7.53. The first-order chi connectivity index (χ1) is 11.3. The van der Waals surface area contributed by atoms with Crippen molar-refractivity contribution in [2.45, 2.75) is 19.8 Å². The van der Waals surface area contributed by atoms with Crippen LogP contribution in [-0.2, 0) is 17.6 Å². The fourth-order valence-electron chi connectivity index (χ4n) is 2.73. The molecule has 0 saturated carbocycles. The molecule has 0 atom stereocenters. The van der Waals surface area contributed by atoms with Crippen LogP contribution < -0.4 is 10.6 Å². The third-order valence-electron chi connectivity index (χ3n) is 4.11. The van der Waals surface area contributed by atoms with Gasteiger partial charge in [0.25, 0.3) is 0 Å². The van der Waals surface area contributed by atoms with Crippen LogP contribution in [0.5, 0.6) is 0 Å². The zero-order valence-electron chi connectivity index (χ0n) is 13.7. The van der Waals surface area contributed by atoms with Gasteiger partial charge in [0.15, 0.2) is 0 Å². The maximum absolute atomic E-state index is 5.61. The fraction of sp³-hybridized carbons (Fsp3) is 0.444. The molecule has 0 amide bonds. The van der Waals surface area contributed by atoms with Gasteiger partial charge in [0, 0.05) is 24.3 Å². The summed E-state index contributed by atoms with van der Waals surface area (Å²) in [5.41, 5.74) is 10.1. The van der Waals surface area contributed by atoms with Crippen molar-refractivity contribution in [3.8, 4) is 11.3 Å². The first-order valence-electron chi connectivity index (χ1n) is 8.30. The van der Waals surface area contributed by atoms with Gasteiger partial charge in [0.2, 0.25) is 5.95 Å². The molecule has 1 aliphatic heterocycles. The van der Waals surface area contributed by atoms with Gasteiger partial charge >= 0.3 is 0 Å². The number of rotatable bonds is 5. The highest BCUT2D eigenvalue weighted by atomic mass is 16.5. The molecular formula is C18H24N4O. The minimum Gasteiger partial charge on any atom is -0.378 e. The number of anilines is 1. The molecule has 1 aromatic carbocycles. The monoisotopic (exact) mass is 312 g/mol. The lowest BCUT2D eigenvalue weighted by Crippen LogP contribution is -2.37. The Labute approximate surface area is 137 Å². The van der Waals surface area contributed by atoms with E-state index in [9.17, 15) is 0 Å². The normalized spacial score (nSPS) is 15.0. The van der Waals surface area contributed by atoms with Crippen molar-refractivity contribution in [1.82, 2.24) is 9.97 Å². The van der Waals surface area contributed by atoms with E-state index in [1.54, 1.807) is 0 Å². The van der Waals surface area contributed by atoms with E-state index in [0.29, 0.717) is 6.54 Å². The van der Waals surface area contributed by atoms with Crippen LogP contribution in [0.4, 0.5) is 5.95 Å². The van der Waals surface area contributed by atoms with Crippen molar-refractivity contribution in [3.05, 3.63) is 41.6 Å². The molecule has 1 fully saturated rings. The minimum atomic E-state index is 0.675. The molecule has 1 aliphatic rings. The summed E-state index contributed by atoms with van der Waals surface area (Å²) in [4.78, 5) is 11.7. The molecule has 0 radical (unpaired) electrons. The van der Waals surface area contributed by atoms with Crippen molar-refractivity contribution < 1.29 is 4.74 Å². The Balaban J connectivity index is 1.91. The zero-order valence-corrected chi connectivity index (χ0v) is 13.7. The first-order valence-corrected chi connectivity index (χ1v) is 8.30. The average molecular weight is 312 g/mol. The number of hydrogen-bond donors (Lipinski definition) is 1. The highest BCUT2D eigenvalue weighted by molar-refractivity contribution is 5.61. The summed E-state index contributed by atoms with van der Waals surface area (Å²) in [5, 5.41) is 0. The zero-order chi connectivity index (χ0) is 16.1. The van der Waals surface area contributed by atoms with Crippen LogP contribution in [0, 0.1) is 0 Å². The molecule has 5 nitrogen and oxygen atoms in total. The SMILES string of the molecule is CCc1cc(-c2ccc(CCN)cc2)nc(N2CCOCC2)n1. The van der Waals surface area contributed by atoms with Gasteiger partial charge in [-0.1, -0.05) is 31.2 Å². The summed E-state index contributed by atoms with van der Waals surface area (Å²) in [6.45, 7) is 5.98. The number of ether oxygens (including phenoxy) is 1. The first kappa shape index (κ1) is 15.9. The maximum atomic E-state index is 5.61. The Bertz CT molecular complexity index is 636. The molecule has 2 aromatic rings. The molecule has 1 aromatic heterocycles. The van der Waals surface area contributed by atoms with Crippen LogP contribution in [0.3, 0.4) is 0 Å². The van der Waals surface area contributed by atoms with E-state index < -0.39 is 0 Å². The Morgan fingerprint density at radius 2 is 1.87 bits per heavy atom. The topological polar surface area (TPSA) is 64.3 Å². The van der Waals surface area contributed by atoms with Crippen LogP contribution in [0.2, 0.25) is 0 Å². The van der Waals surface area contributed by atoms with E-state index in [1.165, 1.54) is 5.56 Å². The van der Waals surface area contributed by atoms with E-state index in [-0.39, 0.29) is 0 Å². The van der Waals surface area contributed by atoms with Crippen LogP contribution in [0.25, 0.3) is 11.3 Å². The Kier molecular flexibility index (Phi) is 5.20. The van der Waals surface area contributed by atoms with Crippen LogP contribution in [0.1, 0.15) is 18.2 Å². The van der Waals surface area contributed by atoms with Gasteiger partial charge in [-0.3, -0.25) is 0 Å². The summed E-state index contributed by atoms with van der Waals surface area (Å²) in [7, 11) is 0. The summed E-state index contributed by atoms with van der Waals surface area (Å²) in [6.07, 6.45) is 1.81. The Hall–Kier alpha value is -1.98. The lowest BCUT2D eigenvalue weighted by atomic mass is 10.1. The molecular weight excluding hydrogens is 288 g/mol. The largest absolute Gasteiger partial charge is 0.378 e. The summed E-state index contributed by atoms with van der Waals surface area (Å²) >= 11 is 0. The number of aromatic nitrogens is 2. The number of nitrogens with two attached hydrogens (primary N) is 1. The number of aryl methyl sites for hydroxylation is 1. The van der Waals surface area contributed by atoms with Gasteiger partial charge in [0.05, 0.1) is 18.9 Å². The van der Waals surface area contributed by atoms with Gasteiger partial charge in [-0.15, -0.1) is 0 Å². The minimum absolute atomic E-state index is 0.675. The molecule has 2 N–H and O–H groups in total. The fourth-order valence-corrected chi connectivity index (χ4v) is 2.73. The van der Waals surface area contributed by atoms with Crippen molar-refractivity contribution in [3.63, 3.8) is 0 Å². The molecule has 0 bridgehead atoms. The highest BCUT2D eigenvalue weighted by Gasteiger charge is 2.16. The number of morpholine rings is 1. The lowest BCUT2D eigenvalue weighted by molar-refractivity contribution is 0.122. The smallest absolute Gasteiger partial charge is 0.226 e. The molecule has 2 heterocycles. The van der Waals surface area contributed by atoms with Crippen LogP contribution in [0.15, 0.2) is 30.3 Å². The average Bonchev–Trinajstić information content (AvgIpc) is 2.63. The summed E-state index contributed by atoms with van der Waals surface area (Å²) in [5.74, 6) is 0.814. The van der Waals surface area contributed by atoms with Crippen LogP contribution >= 0.6 is 0 Å². The van der Waals surface area contributed by atoms with Crippen molar-refractivity contribution in [2.24, 2.45) is 5.73 Å². The molecule has 0 spiro atoms. The Morgan fingerprint density at radius 3 is 2.52 bits per heavy atom. The number of hydrogen-bond acceptors (Lipinski definition) is 5.